The predicted octanol–water partition coefficient (Wildman–Crippen LogP) is 3.17. The Kier molecular flexibility index (Phi) is 5.91. The molecule has 2 aromatic rings. The van der Waals surface area contributed by atoms with Gasteiger partial charge in [0.25, 0.3) is 0 Å². The van der Waals surface area contributed by atoms with Gasteiger partial charge in [-0.1, -0.05) is 6.92 Å². The number of nitrogens with one attached hydrogen (secondary N) is 1. The van der Waals surface area contributed by atoms with Crippen LogP contribution in [0.3, 0.4) is 0 Å². The van der Waals surface area contributed by atoms with E-state index in [0.29, 0.717) is 24.4 Å². The molecule has 6 nitrogen and oxygen atoms in total. The highest BCUT2D eigenvalue weighted by atomic mass is 19.1. The number of carboxylic acid groups (broad SMARTS) is 1. The Labute approximate surface area is 158 Å². The summed E-state index contributed by atoms with van der Waals surface area (Å²) in [5.41, 5.74) is 0.729. The number of anilines is 1. The smallest absolute Gasteiger partial charge is 0.340 e. The van der Waals surface area contributed by atoms with Crippen LogP contribution in [-0.4, -0.2) is 48.3 Å². The van der Waals surface area contributed by atoms with Crippen molar-refractivity contribution in [3.63, 3.8) is 0 Å². The Morgan fingerprint density at radius 2 is 2.19 bits per heavy atom. The number of carbonyl (C=O) groups is 1. The van der Waals surface area contributed by atoms with Crippen LogP contribution in [0.5, 0.6) is 5.88 Å². The number of benzene rings is 1. The van der Waals surface area contributed by atoms with Gasteiger partial charge in [-0.3, -0.25) is 0 Å². The maximum Gasteiger partial charge on any atom is 0.340 e. The lowest BCUT2D eigenvalue weighted by Gasteiger charge is -2.38. The van der Waals surface area contributed by atoms with E-state index in [1.165, 1.54) is 0 Å². The van der Waals surface area contributed by atoms with Crippen molar-refractivity contribution in [2.75, 3.05) is 31.1 Å². The van der Waals surface area contributed by atoms with Crippen molar-refractivity contribution in [3.05, 3.63) is 41.8 Å². The number of rotatable bonds is 6. The Bertz CT molecular complexity index is 828. The van der Waals surface area contributed by atoms with Crippen LogP contribution in [0.15, 0.2) is 30.5 Å². The first-order valence-corrected chi connectivity index (χ1v) is 9.19. The number of piperazine rings is 1. The number of ether oxygens (including phenoxy) is 1. The van der Waals surface area contributed by atoms with E-state index in [-0.39, 0.29) is 23.0 Å². The second-order valence-electron chi connectivity index (χ2n) is 6.38. The maximum atomic E-state index is 15.4. The minimum atomic E-state index is -1.28. The van der Waals surface area contributed by atoms with Gasteiger partial charge in [-0.2, -0.15) is 0 Å². The van der Waals surface area contributed by atoms with Crippen LogP contribution < -0.4 is 15.0 Å². The number of hydrogen-bond acceptors (Lipinski definition) is 5. The lowest BCUT2D eigenvalue weighted by molar-refractivity contribution is 0.0692. The molecule has 0 bridgehead atoms. The molecule has 2 N–H and O–H groups in total. The number of aromatic carboxylic acids is 1. The normalized spacial score (nSPS) is 17.0. The summed E-state index contributed by atoms with van der Waals surface area (Å²) in [6, 6.07) is 6.79. The predicted molar refractivity (Wildman–Crippen MR) is 102 cm³/mol. The van der Waals surface area contributed by atoms with Crippen molar-refractivity contribution in [1.82, 2.24) is 10.3 Å². The molecule has 1 saturated heterocycles. The second kappa shape index (κ2) is 8.35. The summed E-state index contributed by atoms with van der Waals surface area (Å²) in [5.74, 6) is -1.75. The minimum absolute atomic E-state index is 0.125. The third kappa shape index (κ3) is 3.73. The quantitative estimate of drug-likeness (QED) is 0.810. The monoisotopic (exact) mass is 373 g/mol. The highest BCUT2D eigenvalue weighted by Gasteiger charge is 2.29. The number of nitrogens with zero attached hydrogens (tertiary/aromatic N) is 2. The van der Waals surface area contributed by atoms with E-state index in [2.05, 4.69) is 10.3 Å². The molecular weight excluding hydrogens is 349 g/mol. The zero-order valence-corrected chi connectivity index (χ0v) is 15.5. The van der Waals surface area contributed by atoms with Gasteiger partial charge in [0.2, 0.25) is 5.88 Å². The van der Waals surface area contributed by atoms with Crippen LogP contribution in [0.25, 0.3) is 11.1 Å². The molecule has 0 amide bonds. The first-order valence-electron chi connectivity index (χ1n) is 9.19. The topological polar surface area (TPSA) is 74.7 Å². The SMILES string of the molecule is CCOc1ncccc1-c1ccc(N2CCNC[C@H]2CC)c(C(=O)O)c1F. The average molecular weight is 373 g/mol. The number of pyridine rings is 1. The molecule has 27 heavy (non-hydrogen) atoms. The fraction of sp³-hybridized carbons (Fsp3) is 0.400. The van der Waals surface area contributed by atoms with Gasteiger partial charge in [-0.05, 0) is 37.6 Å². The summed E-state index contributed by atoms with van der Waals surface area (Å²) in [4.78, 5) is 18.1. The molecule has 3 rings (SSSR count). The Hall–Kier alpha value is -2.67. The van der Waals surface area contributed by atoms with E-state index in [1.54, 1.807) is 30.5 Å². The van der Waals surface area contributed by atoms with Gasteiger partial charge in [-0.15, -0.1) is 0 Å². The molecule has 144 valence electrons. The van der Waals surface area contributed by atoms with Crippen molar-refractivity contribution in [1.29, 1.82) is 0 Å². The summed E-state index contributed by atoms with van der Waals surface area (Å²) in [6.45, 7) is 6.35. The Morgan fingerprint density at radius 3 is 2.89 bits per heavy atom. The Morgan fingerprint density at radius 1 is 1.37 bits per heavy atom. The first kappa shape index (κ1) is 19.1. The van der Waals surface area contributed by atoms with Crippen LogP contribution in [0, 0.1) is 5.82 Å². The van der Waals surface area contributed by atoms with Crippen LogP contribution >= 0.6 is 0 Å². The largest absolute Gasteiger partial charge is 0.478 e. The van der Waals surface area contributed by atoms with Gasteiger partial charge >= 0.3 is 5.97 Å². The average Bonchev–Trinajstić information content (AvgIpc) is 2.68. The van der Waals surface area contributed by atoms with Crippen LogP contribution in [0.1, 0.15) is 30.6 Å². The van der Waals surface area contributed by atoms with Gasteiger partial charge < -0.3 is 20.1 Å². The second-order valence-corrected chi connectivity index (χ2v) is 6.38. The zero-order chi connectivity index (χ0) is 19.4. The highest BCUT2D eigenvalue weighted by Crippen LogP contribution is 2.36. The molecule has 0 radical (unpaired) electrons. The maximum absolute atomic E-state index is 15.4. The van der Waals surface area contributed by atoms with Gasteiger partial charge in [0.15, 0.2) is 0 Å². The third-order valence-electron chi connectivity index (χ3n) is 4.81. The summed E-state index contributed by atoms with van der Waals surface area (Å²) in [6.07, 6.45) is 2.40. The number of halogens is 1. The number of carboxylic acids is 1. The minimum Gasteiger partial charge on any atom is -0.478 e. The molecule has 1 aliphatic rings. The molecular formula is C20H24FN3O3. The molecule has 0 aliphatic carbocycles. The van der Waals surface area contributed by atoms with Crippen LogP contribution in [0.2, 0.25) is 0 Å². The molecule has 0 unspecified atom stereocenters. The first-order chi connectivity index (χ1) is 13.1. The van der Waals surface area contributed by atoms with Crippen molar-refractivity contribution < 1.29 is 19.0 Å². The molecule has 1 aromatic carbocycles. The fourth-order valence-electron chi connectivity index (χ4n) is 3.51. The molecule has 1 aliphatic heterocycles. The Balaban J connectivity index is 2.13. The van der Waals surface area contributed by atoms with E-state index in [0.717, 1.165) is 19.5 Å². The lowest BCUT2D eigenvalue weighted by Crippen LogP contribution is -2.51. The van der Waals surface area contributed by atoms with Crippen molar-refractivity contribution in [2.45, 2.75) is 26.3 Å². The number of hydrogen-bond donors (Lipinski definition) is 2. The fourth-order valence-corrected chi connectivity index (χ4v) is 3.51. The van der Waals surface area contributed by atoms with Crippen molar-refractivity contribution >= 4 is 11.7 Å². The van der Waals surface area contributed by atoms with E-state index >= 15 is 4.39 Å². The summed E-state index contributed by atoms with van der Waals surface area (Å²) in [7, 11) is 0. The van der Waals surface area contributed by atoms with E-state index in [9.17, 15) is 9.90 Å². The lowest BCUT2D eigenvalue weighted by atomic mass is 9.99. The van der Waals surface area contributed by atoms with Gasteiger partial charge in [0.1, 0.15) is 11.4 Å². The third-order valence-corrected chi connectivity index (χ3v) is 4.81. The molecule has 0 spiro atoms. The molecule has 1 aromatic heterocycles. The molecule has 1 atom stereocenters. The molecule has 7 heteroatoms. The highest BCUT2D eigenvalue weighted by molar-refractivity contribution is 5.97. The van der Waals surface area contributed by atoms with E-state index in [4.69, 9.17) is 4.74 Å². The van der Waals surface area contributed by atoms with Crippen LogP contribution in [-0.2, 0) is 0 Å². The molecule has 2 heterocycles. The summed E-state index contributed by atoms with van der Waals surface area (Å²) >= 11 is 0. The standard InChI is InChI=1S/C20H24FN3O3/c1-3-13-12-22-10-11-24(13)16-8-7-14(18(21)17(16)20(25)26)15-6-5-9-23-19(15)27-4-2/h5-9,13,22H,3-4,10-12H2,1-2H3,(H,25,26)/t13-/m1/s1. The van der Waals surface area contributed by atoms with Gasteiger partial charge in [-0.25, -0.2) is 14.2 Å². The summed E-state index contributed by atoms with van der Waals surface area (Å²) in [5, 5.41) is 13.1. The van der Waals surface area contributed by atoms with Crippen LogP contribution in [0.4, 0.5) is 10.1 Å². The molecule has 1 fully saturated rings. The van der Waals surface area contributed by atoms with Crippen molar-refractivity contribution in [3.8, 4) is 17.0 Å². The molecule has 0 saturated carbocycles. The van der Waals surface area contributed by atoms with E-state index < -0.39 is 11.8 Å². The number of aromatic nitrogens is 1. The zero-order valence-electron chi connectivity index (χ0n) is 15.5. The van der Waals surface area contributed by atoms with Crippen molar-refractivity contribution in [2.24, 2.45) is 0 Å². The van der Waals surface area contributed by atoms with Gasteiger partial charge in [0.05, 0.1) is 12.3 Å². The van der Waals surface area contributed by atoms with E-state index in [1.807, 2.05) is 18.7 Å². The summed E-state index contributed by atoms with van der Waals surface area (Å²) < 4.78 is 20.9. The van der Waals surface area contributed by atoms with Gasteiger partial charge in [0, 0.05) is 43.0 Å².